The molecule has 7 nitrogen and oxygen atoms in total. The molecule has 0 aliphatic heterocycles. The number of tetrazole rings is 1. The largest absolute Gasteiger partial charge is 0.310 e. The molecule has 0 aliphatic rings. The first-order valence-electron chi connectivity index (χ1n) is 9.80. The average Bonchev–Trinajstić information content (AvgIpc) is 3.22. The summed E-state index contributed by atoms with van der Waals surface area (Å²) in [6.07, 6.45) is 0.262. The number of hydrogen-bond donors (Lipinski definition) is 0. The minimum absolute atomic E-state index is 0.0915. The molecule has 1 heterocycles. The monoisotopic (exact) mass is 420 g/mol. The van der Waals surface area contributed by atoms with E-state index in [1.54, 1.807) is 9.58 Å². The molecule has 0 bridgehead atoms. The zero-order valence-electron chi connectivity index (χ0n) is 17.3. The Morgan fingerprint density at radius 1 is 1.13 bits per heavy atom. The Balaban J connectivity index is 1.78. The second kappa shape index (κ2) is 10.0. The molecule has 30 heavy (non-hydrogen) atoms. The predicted octanol–water partition coefficient (Wildman–Crippen LogP) is 4.21. The lowest BCUT2D eigenvalue weighted by molar-refractivity contribution is -0.117. The molecule has 3 rings (SSSR count). The van der Waals surface area contributed by atoms with Gasteiger partial charge in [0.15, 0.2) is 0 Å². The molecule has 0 spiro atoms. The summed E-state index contributed by atoms with van der Waals surface area (Å²) in [4.78, 5) is 14.8. The van der Waals surface area contributed by atoms with Gasteiger partial charge in [0.2, 0.25) is 11.1 Å². The summed E-state index contributed by atoms with van der Waals surface area (Å²) in [5.74, 6) is 0.350. The Morgan fingerprint density at radius 2 is 1.83 bits per heavy atom. The van der Waals surface area contributed by atoms with Crippen molar-refractivity contribution in [2.45, 2.75) is 43.5 Å². The van der Waals surface area contributed by atoms with Gasteiger partial charge in [-0.1, -0.05) is 55.9 Å². The van der Waals surface area contributed by atoms with E-state index in [2.05, 4.69) is 47.6 Å². The van der Waals surface area contributed by atoms with Crippen LogP contribution in [0.2, 0.25) is 0 Å². The van der Waals surface area contributed by atoms with E-state index < -0.39 is 5.25 Å². The maximum Gasteiger partial charge on any atom is 0.240 e. The molecule has 0 fully saturated rings. The average molecular weight is 421 g/mol. The van der Waals surface area contributed by atoms with E-state index in [0.717, 1.165) is 11.4 Å². The lowest BCUT2D eigenvalue weighted by atomic mass is 10.0. The Bertz CT molecular complexity index is 1010. The quantitative estimate of drug-likeness (QED) is 0.507. The zero-order valence-corrected chi connectivity index (χ0v) is 18.1. The van der Waals surface area contributed by atoms with Crippen molar-refractivity contribution in [3.8, 4) is 11.8 Å². The molecule has 1 unspecified atom stereocenters. The van der Waals surface area contributed by atoms with Gasteiger partial charge in [-0.15, -0.1) is 5.10 Å². The smallest absolute Gasteiger partial charge is 0.240 e. The molecule has 0 radical (unpaired) electrons. The van der Waals surface area contributed by atoms with Gasteiger partial charge in [-0.2, -0.15) is 9.94 Å². The van der Waals surface area contributed by atoms with Gasteiger partial charge in [0.05, 0.1) is 23.4 Å². The van der Waals surface area contributed by atoms with E-state index in [0.29, 0.717) is 17.6 Å². The van der Waals surface area contributed by atoms with E-state index >= 15 is 0 Å². The van der Waals surface area contributed by atoms with Gasteiger partial charge in [-0.3, -0.25) is 4.79 Å². The summed E-state index contributed by atoms with van der Waals surface area (Å²) in [6.45, 7) is 6.46. The van der Waals surface area contributed by atoms with Crippen LogP contribution >= 0.6 is 11.8 Å². The molecular weight excluding hydrogens is 396 g/mol. The number of thioether (sulfide) groups is 1. The molecule has 154 valence electrons. The van der Waals surface area contributed by atoms with Crippen molar-refractivity contribution in [3.63, 3.8) is 0 Å². The van der Waals surface area contributed by atoms with Gasteiger partial charge in [0, 0.05) is 12.2 Å². The standard InChI is InChI=1S/C22H24N6OS/c1-16(2)18-10-12-20(13-11-18)28-22(24-25-26-28)30-17(3)21(29)27(15-7-14-23)19-8-5-4-6-9-19/h4-6,8-13,16-17H,7,15H2,1-3H3. The third-order valence-electron chi connectivity index (χ3n) is 4.66. The van der Waals surface area contributed by atoms with Crippen LogP contribution in [0.1, 0.15) is 38.7 Å². The summed E-state index contributed by atoms with van der Waals surface area (Å²) in [7, 11) is 0. The number of aromatic nitrogens is 4. The summed E-state index contributed by atoms with van der Waals surface area (Å²) < 4.78 is 1.64. The van der Waals surface area contributed by atoms with Crippen molar-refractivity contribution in [1.29, 1.82) is 5.26 Å². The van der Waals surface area contributed by atoms with Gasteiger partial charge < -0.3 is 4.90 Å². The van der Waals surface area contributed by atoms with Crippen LogP contribution in [0.5, 0.6) is 0 Å². The van der Waals surface area contributed by atoms with Crippen LogP contribution in [-0.2, 0) is 4.79 Å². The number of nitrogens with zero attached hydrogens (tertiary/aromatic N) is 6. The molecule has 0 aliphatic carbocycles. The third kappa shape index (κ3) is 5.05. The lowest BCUT2D eigenvalue weighted by Gasteiger charge is -2.24. The topological polar surface area (TPSA) is 87.7 Å². The van der Waals surface area contributed by atoms with Crippen molar-refractivity contribution in [2.24, 2.45) is 0 Å². The predicted molar refractivity (Wildman–Crippen MR) is 118 cm³/mol. The highest BCUT2D eigenvalue weighted by atomic mass is 32.2. The zero-order chi connectivity index (χ0) is 21.5. The number of anilines is 1. The Hall–Kier alpha value is -3.18. The Kier molecular flexibility index (Phi) is 7.20. The van der Waals surface area contributed by atoms with Crippen LogP contribution in [0, 0.1) is 11.3 Å². The van der Waals surface area contributed by atoms with Crippen molar-refractivity contribution in [3.05, 3.63) is 60.2 Å². The molecule has 0 saturated carbocycles. The Morgan fingerprint density at radius 3 is 2.47 bits per heavy atom. The van der Waals surface area contributed by atoms with Crippen molar-refractivity contribution in [1.82, 2.24) is 20.2 Å². The highest BCUT2D eigenvalue weighted by molar-refractivity contribution is 8.00. The fourth-order valence-corrected chi connectivity index (χ4v) is 3.85. The summed E-state index contributed by atoms with van der Waals surface area (Å²) in [5, 5.41) is 21.1. The first-order valence-corrected chi connectivity index (χ1v) is 10.7. The fourth-order valence-electron chi connectivity index (χ4n) is 2.98. The second-order valence-corrected chi connectivity index (χ2v) is 8.42. The fraction of sp³-hybridized carbons (Fsp3) is 0.318. The number of nitriles is 1. The minimum Gasteiger partial charge on any atom is -0.310 e. The summed E-state index contributed by atoms with van der Waals surface area (Å²) in [6, 6.07) is 19.6. The van der Waals surface area contributed by atoms with Gasteiger partial charge in [-0.05, 0) is 53.1 Å². The molecule has 1 amide bonds. The van der Waals surface area contributed by atoms with E-state index in [9.17, 15) is 4.79 Å². The minimum atomic E-state index is -0.427. The molecule has 8 heteroatoms. The normalized spacial score (nSPS) is 11.8. The highest BCUT2D eigenvalue weighted by Crippen LogP contribution is 2.27. The van der Waals surface area contributed by atoms with Crippen LogP contribution in [-0.4, -0.2) is 37.9 Å². The Labute approximate surface area is 180 Å². The molecule has 0 N–H and O–H groups in total. The number of carbonyl (C=O) groups excluding carboxylic acids is 1. The third-order valence-corrected chi connectivity index (χ3v) is 5.68. The van der Waals surface area contributed by atoms with Crippen LogP contribution in [0.25, 0.3) is 5.69 Å². The van der Waals surface area contributed by atoms with Crippen LogP contribution in [0.15, 0.2) is 59.8 Å². The molecule has 0 saturated heterocycles. The van der Waals surface area contributed by atoms with Crippen LogP contribution in [0.3, 0.4) is 0 Å². The molecule has 3 aromatic rings. The number of rotatable bonds is 8. The van der Waals surface area contributed by atoms with Gasteiger partial charge in [0.1, 0.15) is 0 Å². The first-order chi connectivity index (χ1) is 14.5. The summed E-state index contributed by atoms with van der Waals surface area (Å²) in [5.41, 5.74) is 2.85. The van der Waals surface area contributed by atoms with Gasteiger partial charge >= 0.3 is 0 Å². The molecular formula is C22H24N6OS. The molecule has 1 atom stereocenters. The van der Waals surface area contributed by atoms with E-state index in [-0.39, 0.29) is 12.3 Å². The SMILES string of the molecule is CC(Sc1nnnn1-c1ccc(C(C)C)cc1)C(=O)N(CCC#N)c1ccccc1. The van der Waals surface area contributed by atoms with Crippen LogP contribution < -0.4 is 4.90 Å². The molecule has 2 aromatic carbocycles. The lowest BCUT2D eigenvalue weighted by Crippen LogP contribution is -2.37. The van der Waals surface area contributed by atoms with Gasteiger partial charge in [0.25, 0.3) is 0 Å². The maximum absolute atomic E-state index is 13.2. The number of para-hydroxylation sites is 1. The van der Waals surface area contributed by atoms with E-state index in [1.807, 2.05) is 49.4 Å². The second-order valence-electron chi connectivity index (χ2n) is 7.11. The molecule has 1 aromatic heterocycles. The highest BCUT2D eigenvalue weighted by Gasteiger charge is 2.25. The number of benzene rings is 2. The number of hydrogen-bond acceptors (Lipinski definition) is 6. The number of carbonyl (C=O) groups is 1. The van der Waals surface area contributed by atoms with Crippen LogP contribution in [0.4, 0.5) is 5.69 Å². The van der Waals surface area contributed by atoms with Crippen molar-refractivity contribution >= 4 is 23.4 Å². The number of amides is 1. The first kappa shape index (κ1) is 21.5. The van der Waals surface area contributed by atoms with E-state index in [1.165, 1.54) is 17.3 Å². The van der Waals surface area contributed by atoms with E-state index in [4.69, 9.17) is 5.26 Å². The van der Waals surface area contributed by atoms with Crippen molar-refractivity contribution in [2.75, 3.05) is 11.4 Å². The van der Waals surface area contributed by atoms with Crippen molar-refractivity contribution < 1.29 is 4.79 Å². The summed E-state index contributed by atoms with van der Waals surface area (Å²) >= 11 is 1.30. The van der Waals surface area contributed by atoms with Gasteiger partial charge in [-0.25, -0.2) is 0 Å². The maximum atomic E-state index is 13.2.